The standard InChI is InChI=1S/C23H24N8O7/c24-23-29-20-19(21(35)30-23)28-14(11-27-20)10-25-13-3-1-12(2-4-13)9-26-15(22(36)37)5-8-18(34)38-31-16(32)6-7-17(31)33/h1-4,11,15,25-26H,5-10H2,(H,36,37)(H3,24,27,29,30,35). The lowest BCUT2D eigenvalue weighted by Gasteiger charge is -2.16. The van der Waals surface area contributed by atoms with E-state index in [4.69, 9.17) is 10.6 Å². The predicted octanol–water partition coefficient (Wildman–Crippen LogP) is -0.162. The summed E-state index contributed by atoms with van der Waals surface area (Å²) in [7, 11) is 0. The van der Waals surface area contributed by atoms with Crippen LogP contribution in [-0.4, -0.2) is 59.9 Å². The Labute approximate surface area is 214 Å². The number of carbonyl (C=O) groups is 4. The number of aromatic nitrogens is 4. The number of hydrogen-bond donors (Lipinski definition) is 5. The molecule has 15 nitrogen and oxygen atoms in total. The molecule has 2 aromatic heterocycles. The summed E-state index contributed by atoms with van der Waals surface area (Å²) in [4.78, 5) is 78.0. The number of imide groups is 1. The number of anilines is 2. The van der Waals surface area contributed by atoms with Crippen LogP contribution in [0.2, 0.25) is 0 Å². The van der Waals surface area contributed by atoms with E-state index in [2.05, 4.69) is 30.6 Å². The lowest BCUT2D eigenvalue weighted by atomic mass is 10.1. The van der Waals surface area contributed by atoms with Gasteiger partial charge in [-0.05, 0) is 24.1 Å². The minimum Gasteiger partial charge on any atom is -0.480 e. The van der Waals surface area contributed by atoms with Crippen molar-refractivity contribution in [1.29, 1.82) is 0 Å². The number of benzene rings is 1. The summed E-state index contributed by atoms with van der Waals surface area (Å²) >= 11 is 0. The van der Waals surface area contributed by atoms with Gasteiger partial charge >= 0.3 is 11.9 Å². The Hall–Kier alpha value is -4.92. The number of aliphatic carboxylic acids is 1. The number of rotatable bonds is 11. The molecule has 1 aromatic carbocycles. The average molecular weight is 524 g/mol. The first-order valence-electron chi connectivity index (χ1n) is 11.6. The summed E-state index contributed by atoms with van der Waals surface area (Å²) in [5.41, 5.74) is 7.32. The van der Waals surface area contributed by atoms with Crippen molar-refractivity contribution in [1.82, 2.24) is 30.3 Å². The number of nitrogens with two attached hydrogens (primary N) is 1. The van der Waals surface area contributed by atoms with E-state index >= 15 is 0 Å². The smallest absolute Gasteiger partial charge is 0.333 e. The zero-order valence-corrected chi connectivity index (χ0v) is 20.0. The molecule has 0 saturated carbocycles. The molecule has 1 fully saturated rings. The highest BCUT2D eigenvalue weighted by Gasteiger charge is 2.33. The molecule has 1 unspecified atom stereocenters. The van der Waals surface area contributed by atoms with Gasteiger partial charge in [0, 0.05) is 25.1 Å². The van der Waals surface area contributed by atoms with Crippen molar-refractivity contribution in [2.24, 2.45) is 0 Å². The molecular formula is C23H24N8O7. The van der Waals surface area contributed by atoms with Crippen LogP contribution in [-0.2, 0) is 37.1 Å². The van der Waals surface area contributed by atoms with Crippen molar-refractivity contribution in [3.05, 3.63) is 52.1 Å². The molecule has 1 atom stereocenters. The van der Waals surface area contributed by atoms with Crippen LogP contribution in [0, 0.1) is 0 Å². The maximum absolute atomic E-state index is 12.0. The molecule has 198 valence electrons. The number of carbonyl (C=O) groups excluding carboxylic acids is 3. The highest BCUT2D eigenvalue weighted by Crippen LogP contribution is 2.14. The van der Waals surface area contributed by atoms with Crippen molar-refractivity contribution in [2.75, 3.05) is 11.1 Å². The van der Waals surface area contributed by atoms with Crippen LogP contribution in [0.25, 0.3) is 11.2 Å². The van der Waals surface area contributed by atoms with E-state index in [0.717, 1.165) is 11.3 Å². The monoisotopic (exact) mass is 524 g/mol. The number of nitrogen functional groups attached to an aromatic ring is 1. The Kier molecular flexibility index (Phi) is 7.86. The first kappa shape index (κ1) is 26.2. The van der Waals surface area contributed by atoms with Gasteiger partial charge in [-0.1, -0.05) is 12.1 Å². The second kappa shape index (κ2) is 11.4. The lowest BCUT2D eigenvalue weighted by Crippen LogP contribution is -2.37. The van der Waals surface area contributed by atoms with Crippen molar-refractivity contribution in [2.45, 2.75) is 44.8 Å². The predicted molar refractivity (Wildman–Crippen MR) is 131 cm³/mol. The fraction of sp³-hybridized carbons (Fsp3) is 0.304. The largest absolute Gasteiger partial charge is 0.480 e. The van der Waals surface area contributed by atoms with Gasteiger partial charge in [0.2, 0.25) is 5.95 Å². The number of nitrogens with one attached hydrogen (secondary N) is 3. The van der Waals surface area contributed by atoms with E-state index in [1.54, 1.807) is 24.3 Å². The van der Waals surface area contributed by atoms with E-state index in [1.165, 1.54) is 6.20 Å². The molecular weight excluding hydrogens is 500 g/mol. The second-order valence-electron chi connectivity index (χ2n) is 8.39. The molecule has 0 bridgehead atoms. The molecule has 3 heterocycles. The Balaban J connectivity index is 1.26. The first-order chi connectivity index (χ1) is 18.2. The second-order valence-corrected chi connectivity index (χ2v) is 8.39. The van der Waals surface area contributed by atoms with Gasteiger partial charge in [-0.15, -0.1) is 5.06 Å². The van der Waals surface area contributed by atoms with Gasteiger partial charge in [-0.3, -0.25) is 24.2 Å². The van der Waals surface area contributed by atoms with E-state index in [0.29, 0.717) is 10.8 Å². The molecule has 15 heteroatoms. The number of H-pyrrole nitrogens is 1. The molecule has 1 aliphatic heterocycles. The maximum atomic E-state index is 12.0. The molecule has 0 radical (unpaired) electrons. The molecule has 6 N–H and O–H groups in total. The molecule has 38 heavy (non-hydrogen) atoms. The van der Waals surface area contributed by atoms with Crippen LogP contribution in [0.15, 0.2) is 35.3 Å². The van der Waals surface area contributed by atoms with E-state index < -0.39 is 35.4 Å². The zero-order chi connectivity index (χ0) is 27.2. The number of carboxylic acid groups (broad SMARTS) is 1. The summed E-state index contributed by atoms with van der Waals surface area (Å²) < 4.78 is 0. The van der Waals surface area contributed by atoms with E-state index in [9.17, 15) is 29.1 Å². The average Bonchev–Trinajstić information content (AvgIpc) is 3.20. The van der Waals surface area contributed by atoms with Crippen LogP contribution in [0.4, 0.5) is 11.6 Å². The highest BCUT2D eigenvalue weighted by molar-refractivity contribution is 6.01. The maximum Gasteiger partial charge on any atom is 0.333 e. The van der Waals surface area contributed by atoms with Crippen LogP contribution in [0.3, 0.4) is 0 Å². The summed E-state index contributed by atoms with van der Waals surface area (Å²) in [6, 6.07) is 6.10. The van der Waals surface area contributed by atoms with Crippen molar-refractivity contribution < 1.29 is 29.1 Å². The van der Waals surface area contributed by atoms with Gasteiger partial charge in [-0.25, -0.2) is 14.8 Å². The molecule has 3 aromatic rings. The Morgan fingerprint density at radius 2 is 1.82 bits per heavy atom. The minimum absolute atomic E-state index is 0.0218. The summed E-state index contributed by atoms with van der Waals surface area (Å²) in [6.07, 6.45) is 1.05. The molecule has 1 aliphatic rings. The third kappa shape index (κ3) is 6.44. The lowest BCUT2D eigenvalue weighted by molar-refractivity contribution is -0.197. The van der Waals surface area contributed by atoms with Gasteiger partial charge in [0.05, 0.1) is 24.9 Å². The molecule has 0 spiro atoms. The van der Waals surface area contributed by atoms with Crippen LogP contribution in [0.1, 0.15) is 36.9 Å². The van der Waals surface area contributed by atoms with Gasteiger partial charge in [0.25, 0.3) is 17.4 Å². The topological polar surface area (TPSA) is 223 Å². The Morgan fingerprint density at radius 3 is 2.50 bits per heavy atom. The first-order valence-corrected chi connectivity index (χ1v) is 11.6. The zero-order valence-electron chi connectivity index (χ0n) is 20.0. The fourth-order valence-corrected chi connectivity index (χ4v) is 3.61. The number of carboxylic acids is 1. The van der Waals surface area contributed by atoms with Crippen LogP contribution in [0.5, 0.6) is 0 Å². The van der Waals surface area contributed by atoms with E-state index in [-0.39, 0.29) is 55.9 Å². The Bertz CT molecular complexity index is 1420. The summed E-state index contributed by atoms with van der Waals surface area (Å²) in [5, 5.41) is 15.9. The highest BCUT2D eigenvalue weighted by atomic mass is 16.7. The fourth-order valence-electron chi connectivity index (χ4n) is 3.61. The Morgan fingerprint density at radius 1 is 1.11 bits per heavy atom. The van der Waals surface area contributed by atoms with Gasteiger partial charge in [0.15, 0.2) is 11.2 Å². The molecule has 0 aliphatic carbocycles. The third-order valence-electron chi connectivity index (χ3n) is 5.60. The number of aromatic amines is 1. The van der Waals surface area contributed by atoms with Crippen LogP contribution >= 0.6 is 0 Å². The van der Waals surface area contributed by atoms with Crippen molar-refractivity contribution in [3.8, 4) is 0 Å². The quantitative estimate of drug-likeness (QED) is 0.206. The molecule has 1 saturated heterocycles. The SMILES string of the molecule is Nc1nc2ncc(CNc3ccc(CNC(CCC(=O)ON4C(=O)CCC4=O)C(=O)O)cc3)nc2c(=O)[nH]1. The van der Waals surface area contributed by atoms with Gasteiger partial charge < -0.3 is 26.3 Å². The van der Waals surface area contributed by atoms with Crippen molar-refractivity contribution >= 4 is 46.6 Å². The van der Waals surface area contributed by atoms with Gasteiger partial charge in [-0.2, -0.15) is 4.98 Å². The van der Waals surface area contributed by atoms with Gasteiger partial charge in [0.1, 0.15) is 6.04 Å². The number of nitrogens with zero attached hydrogens (tertiary/aromatic N) is 4. The molecule has 2 amide bonds. The van der Waals surface area contributed by atoms with Crippen LogP contribution < -0.4 is 21.9 Å². The third-order valence-corrected chi connectivity index (χ3v) is 5.60. The normalized spacial score (nSPS) is 14.1. The number of hydrogen-bond acceptors (Lipinski definition) is 12. The minimum atomic E-state index is -1.15. The number of fused-ring (bicyclic) bond motifs is 1. The van der Waals surface area contributed by atoms with Crippen molar-refractivity contribution in [3.63, 3.8) is 0 Å². The summed E-state index contributed by atoms with van der Waals surface area (Å²) in [5.74, 6) is -3.26. The van der Waals surface area contributed by atoms with E-state index in [1.807, 2.05) is 0 Å². The summed E-state index contributed by atoms with van der Waals surface area (Å²) in [6.45, 7) is 0.501. The number of amides is 2. The number of hydroxylamine groups is 2. The molecule has 4 rings (SSSR count).